The zero-order valence-electron chi connectivity index (χ0n) is 13.1. The van der Waals surface area contributed by atoms with Gasteiger partial charge in [-0.1, -0.05) is 13.8 Å². The summed E-state index contributed by atoms with van der Waals surface area (Å²) in [5.41, 5.74) is 0.677. The van der Waals surface area contributed by atoms with E-state index in [1.54, 1.807) is 6.92 Å². The minimum absolute atomic E-state index is 0.0566. The van der Waals surface area contributed by atoms with E-state index in [-0.39, 0.29) is 22.1 Å². The molecule has 0 aliphatic heterocycles. The molecule has 0 spiro atoms. The molecule has 0 aliphatic rings. The molecule has 0 radical (unpaired) electrons. The Morgan fingerprint density at radius 1 is 1.35 bits per heavy atom. The largest absolute Gasteiger partial charge is 0.506 e. The Hall–Kier alpha value is -1.93. The lowest BCUT2D eigenvalue weighted by Gasteiger charge is -2.09. The summed E-state index contributed by atoms with van der Waals surface area (Å²) in [6, 6.07) is 3.84. The summed E-state index contributed by atoms with van der Waals surface area (Å²) in [7, 11) is -3.42. The first-order valence-electron chi connectivity index (χ1n) is 7.12. The number of nitrogens with zero attached hydrogens (tertiary/aromatic N) is 1. The number of rotatable bonds is 5. The van der Waals surface area contributed by atoms with Crippen LogP contribution in [-0.2, 0) is 16.3 Å². The Kier molecular flexibility index (Phi) is 5.06. The maximum absolute atomic E-state index is 12.3. The first-order chi connectivity index (χ1) is 10.8. The Labute approximate surface area is 139 Å². The molecule has 1 aromatic heterocycles. The van der Waals surface area contributed by atoms with Crippen molar-refractivity contribution in [2.75, 3.05) is 11.1 Å². The smallest absolute Gasteiger partial charge is 0.267 e. The van der Waals surface area contributed by atoms with Crippen LogP contribution in [0.1, 0.15) is 34.2 Å². The summed E-state index contributed by atoms with van der Waals surface area (Å²) in [4.78, 5) is 17.1. The molecule has 124 valence electrons. The molecule has 0 saturated heterocycles. The number of hydrogen-bond acceptors (Lipinski definition) is 6. The van der Waals surface area contributed by atoms with Crippen molar-refractivity contribution in [2.24, 2.45) is 0 Å². The number of carbonyl (C=O) groups excluding carboxylic acids is 1. The Balaban J connectivity index is 2.34. The highest BCUT2D eigenvalue weighted by atomic mass is 32.2. The van der Waals surface area contributed by atoms with Crippen molar-refractivity contribution in [3.05, 3.63) is 33.8 Å². The molecular weight excluding hydrogens is 336 g/mol. The van der Waals surface area contributed by atoms with Crippen LogP contribution in [0.15, 0.2) is 23.1 Å². The van der Waals surface area contributed by atoms with Crippen molar-refractivity contribution >= 4 is 32.8 Å². The number of phenols is 1. The maximum atomic E-state index is 12.3. The van der Waals surface area contributed by atoms with E-state index in [0.717, 1.165) is 11.4 Å². The molecule has 2 rings (SSSR count). The van der Waals surface area contributed by atoms with E-state index >= 15 is 0 Å². The molecule has 8 heteroatoms. The highest BCUT2D eigenvalue weighted by Gasteiger charge is 2.18. The minimum atomic E-state index is -3.42. The average molecular weight is 354 g/mol. The number of aryl methyl sites for hydroxylation is 2. The van der Waals surface area contributed by atoms with Crippen LogP contribution in [0.2, 0.25) is 0 Å². The number of thiazole rings is 1. The number of amides is 1. The molecule has 0 bridgehead atoms. The first kappa shape index (κ1) is 17.4. The van der Waals surface area contributed by atoms with Crippen LogP contribution in [0, 0.1) is 6.92 Å². The van der Waals surface area contributed by atoms with Crippen molar-refractivity contribution in [1.29, 1.82) is 0 Å². The zero-order valence-corrected chi connectivity index (χ0v) is 14.7. The van der Waals surface area contributed by atoms with Crippen molar-refractivity contribution < 1.29 is 18.3 Å². The van der Waals surface area contributed by atoms with Crippen molar-refractivity contribution in [2.45, 2.75) is 32.1 Å². The number of aromatic nitrogens is 1. The van der Waals surface area contributed by atoms with Crippen molar-refractivity contribution in [3.63, 3.8) is 0 Å². The van der Waals surface area contributed by atoms with E-state index in [9.17, 15) is 18.3 Å². The Morgan fingerprint density at radius 2 is 2.04 bits per heavy atom. The molecule has 23 heavy (non-hydrogen) atoms. The average Bonchev–Trinajstić information content (AvgIpc) is 2.90. The number of aromatic hydroxyl groups is 1. The molecule has 2 N–H and O–H groups in total. The Bertz CT molecular complexity index is 841. The predicted molar refractivity (Wildman–Crippen MR) is 90.0 cm³/mol. The fourth-order valence-electron chi connectivity index (χ4n) is 1.97. The molecule has 1 amide bonds. The molecule has 0 aliphatic carbocycles. The molecule has 1 aromatic carbocycles. The summed E-state index contributed by atoms with van der Waals surface area (Å²) < 4.78 is 23.8. The fraction of sp³-hybridized carbons (Fsp3) is 0.333. The third kappa shape index (κ3) is 3.70. The van der Waals surface area contributed by atoms with Gasteiger partial charge in [0, 0.05) is 0 Å². The van der Waals surface area contributed by atoms with Crippen LogP contribution >= 0.6 is 11.3 Å². The van der Waals surface area contributed by atoms with Crippen LogP contribution in [-0.4, -0.2) is 30.2 Å². The summed E-state index contributed by atoms with van der Waals surface area (Å²) in [6.07, 6.45) is 0.730. The number of hydrogen-bond donors (Lipinski definition) is 2. The van der Waals surface area contributed by atoms with Gasteiger partial charge in [0.2, 0.25) is 0 Å². The highest BCUT2D eigenvalue weighted by Crippen LogP contribution is 2.28. The zero-order chi connectivity index (χ0) is 17.2. The first-order valence-corrected chi connectivity index (χ1v) is 9.58. The molecule has 0 atom stereocenters. The van der Waals surface area contributed by atoms with Crippen LogP contribution in [0.4, 0.5) is 5.69 Å². The minimum Gasteiger partial charge on any atom is -0.506 e. The van der Waals surface area contributed by atoms with E-state index in [2.05, 4.69) is 10.3 Å². The molecule has 0 unspecified atom stereocenters. The number of benzene rings is 1. The SMILES string of the molecule is CCc1nc(C)c(C(=O)Nc2cc(S(=O)(=O)CC)ccc2O)s1. The van der Waals surface area contributed by atoms with Gasteiger partial charge in [-0.25, -0.2) is 13.4 Å². The number of anilines is 1. The van der Waals surface area contributed by atoms with E-state index in [1.165, 1.54) is 36.5 Å². The van der Waals surface area contributed by atoms with Gasteiger partial charge in [-0.05, 0) is 31.5 Å². The topological polar surface area (TPSA) is 96.4 Å². The molecule has 0 fully saturated rings. The van der Waals surface area contributed by atoms with Gasteiger partial charge in [0.25, 0.3) is 5.91 Å². The summed E-state index contributed by atoms with van der Waals surface area (Å²) in [6.45, 7) is 5.22. The molecule has 1 heterocycles. The van der Waals surface area contributed by atoms with Crippen molar-refractivity contribution in [1.82, 2.24) is 4.98 Å². The van der Waals surface area contributed by atoms with Crippen LogP contribution in [0.5, 0.6) is 5.75 Å². The number of carbonyl (C=O) groups is 1. The van der Waals surface area contributed by atoms with Gasteiger partial charge < -0.3 is 10.4 Å². The molecule has 2 aromatic rings. The van der Waals surface area contributed by atoms with Gasteiger partial charge in [-0.3, -0.25) is 4.79 Å². The summed E-state index contributed by atoms with van der Waals surface area (Å²) in [5, 5.41) is 13.3. The third-order valence-electron chi connectivity index (χ3n) is 3.30. The van der Waals surface area contributed by atoms with Crippen LogP contribution in [0.3, 0.4) is 0 Å². The number of nitrogens with one attached hydrogen (secondary N) is 1. The second kappa shape index (κ2) is 6.67. The van der Waals surface area contributed by atoms with Gasteiger partial charge in [0.1, 0.15) is 10.6 Å². The quantitative estimate of drug-likeness (QED) is 0.805. The van der Waals surface area contributed by atoms with Crippen LogP contribution in [0.25, 0.3) is 0 Å². The standard InChI is InChI=1S/C15H18N2O4S2/c1-4-13-16-9(3)14(22-13)15(19)17-11-8-10(6-7-12(11)18)23(20,21)5-2/h6-8,18H,4-5H2,1-3H3,(H,17,19). The maximum Gasteiger partial charge on any atom is 0.267 e. The number of phenolic OH excluding ortho intramolecular Hbond substituents is 1. The van der Waals surface area contributed by atoms with Gasteiger partial charge in [0.15, 0.2) is 9.84 Å². The molecule has 6 nitrogen and oxygen atoms in total. The lowest BCUT2D eigenvalue weighted by atomic mass is 10.2. The lowest BCUT2D eigenvalue weighted by molar-refractivity contribution is 0.102. The lowest BCUT2D eigenvalue weighted by Crippen LogP contribution is -2.12. The third-order valence-corrected chi connectivity index (χ3v) is 6.34. The monoisotopic (exact) mass is 354 g/mol. The summed E-state index contributed by atoms with van der Waals surface area (Å²) in [5.74, 6) is -0.661. The second-order valence-corrected chi connectivity index (χ2v) is 8.27. The Morgan fingerprint density at radius 3 is 2.61 bits per heavy atom. The van der Waals surface area contributed by atoms with Gasteiger partial charge in [-0.15, -0.1) is 11.3 Å². The van der Waals surface area contributed by atoms with E-state index in [0.29, 0.717) is 10.6 Å². The van der Waals surface area contributed by atoms with E-state index in [1.807, 2.05) is 6.92 Å². The van der Waals surface area contributed by atoms with E-state index < -0.39 is 15.7 Å². The van der Waals surface area contributed by atoms with E-state index in [4.69, 9.17) is 0 Å². The fourth-order valence-corrected chi connectivity index (χ4v) is 3.77. The van der Waals surface area contributed by atoms with Crippen LogP contribution < -0.4 is 5.32 Å². The molecular formula is C15H18N2O4S2. The predicted octanol–water partition coefficient (Wildman–Crippen LogP) is 2.77. The van der Waals surface area contributed by atoms with Gasteiger partial charge >= 0.3 is 0 Å². The van der Waals surface area contributed by atoms with Gasteiger partial charge in [-0.2, -0.15) is 0 Å². The number of sulfone groups is 1. The second-order valence-electron chi connectivity index (χ2n) is 4.91. The van der Waals surface area contributed by atoms with Crippen molar-refractivity contribution in [3.8, 4) is 5.75 Å². The molecule has 0 saturated carbocycles. The van der Waals surface area contributed by atoms with Gasteiger partial charge in [0.05, 0.1) is 27.0 Å². The normalized spacial score (nSPS) is 11.4. The highest BCUT2D eigenvalue weighted by molar-refractivity contribution is 7.91. The summed E-state index contributed by atoms with van der Waals surface area (Å²) >= 11 is 1.28.